The van der Waals surface area contributed by atoms with Crippen LogP contribution in [0.2, 0.25) is 0 Å². The second-order valence-electron chi connectivity index (χ2n) is 9.25. The maximum Gasteiger partial charge on any atom is 0.416 e. The van der Waals surface area contributed by atoms with Crippen LogP contribution in [-0.2, 0) is 17.1 Å². The minimum absolute atomic E-state index is 0.00693. The van der Waals surface area contributed by atoms with E-state index < -0.39 is 46.8 Å². The molecule has 12 heteroatoms. The molecule has 0 saturated carbocycles. The standard InChI is InChI=1S/C24H25F6N3O3/c1-22(2,3)36-21(35)33-10-8-32(9-11-33)19-6-4-15(5-7-19)20(34)31-18-13-16(23(25,26)27)12-17(14-18)24(28,29)30/h4-7,12-14H,8-11H2,1-3H3,(H,31,34). The first-order valence-corrected chi connectivity index (χ1v) is 11.0. The molecule has 2 aromatic rings. The molecule has 2 aromatic carbocycles. The molecular formula is C24H25F6N3O3. The number of anilines is 2. The Morgan fingerprint density at radius 3 is 1.75 bits per heavy atom. The van der Waals surface area contributed by atoms with Crippen LogP contribution < -0.4 is 10.2 Å². The van der Waals surface area contributed by atoms with Gasteiger partial charge in [0.25, 0.3) is 5.91 Å². The topological polar surface area (TPSA) is 61.9 Å². The van der Waals surface area contributed by atoms with Crippen molar-refractivity contribution in [3.63, 3.8) is 0 Å². The number of ether oxygens (including phenoxy) is 1. The zero-order chi connectivity index (χ0) is 26.9. The molecule has 1 fully saturated rings. The van der Waals surface area contributed by atoms with Crippen LogP contribution in [0.5, 0.6) is 0 Å². The lowest BCUT2D eigenvalue weighted by Gasteiger charge is -2.36. The summed E-state index contributed by atoms with van der Waals surface area (Å²) in [5.41, 5.74) is -3.47. The van der Waals surface area contributed by atoms with Gasteiger partial charge in [0.2, 0.25) is 0 Å². The van der Waals surface area contributed by atoms with Gasteiger partial charge in [0.15, 0.2) is 0 Å². The number of hydrogen-bond donors (Lipinski definition) is 1. The van der Waals surface area contributed by atoms with Crippen molar-refractivity contribution in [2.45, 2.75) is 38.7 Å². The van der Waals surface area contributed by atoms with E-state index in [-0.39, 0.29) is 11.6 Å². The maximum atomic E-state index is 13.0. The Bertz CT molecular complexity index is 1070. The number of nitrogens with zero attached hydrogens (tertiary/aromatic N) is 2. The van der Waals surface area contributed by atoms with Gasteiger partial charge in [-0.25, -0.2) is 4.79 Å². The number of benzene rings is 2. The van der Waals surface area contributed by atoms with Crippen molar-refractivity contribution < 1.29 is 40.7 Å². The fourth-order valence-corrected chi connectivity index (χ4v) is 3.53. The predicted molar refractivity (Wildman–Crippen MR) is 121 cm³/mol. The first-order valence-electron chi connectivity index (χ1n) is 11.0. The Kier molecular flexibility index (Phi) is 7.47. The molecule has 0 bridgehead atoms. The molecule has 1 aliphatic heterocycles. The molecule has 0 atom stereocenters. The van der Waals surface area contributed by atoms with Crippen molar-refractivity contribution in [2.24, 2.45) is 0 Å². The van der Waals surface area contributed by atoms with E-state index in [1.807, 2.05) is 4.90 Å². The Labute approximate surface area is 203 Å². The lowest BCUT2D eigenvalue weighted by atomic mass is 10.1. The molecule has 6 nitrogen and oxygen atoms in total. The number of piperazine rings is 1. The molecule has 0 aromatic heterocycles. The fraction of sp³-hybridized carbons (Fsp3) is 0.417. The van der Waals surface area contributed by atoms with E-state index in [1.165, 1.54) is 12.1 Å². The molecule has 2 amide bonds. The van der Waals surface area contributed by atoms with Gasteiger partial charge >= 0.3 is 18.4 Å². The highest BCUT2D eigenvalue weighted by atomic mass is 19.4. The number of alkyl halides is 6. The van der Waals surface area contributed by atoms with Crippen LogP contribution >= 0.6 is 0 Å². The van der Waals surface area contributed by atoms with Gasteiger partial charge in [-0.15, -0.1) is 0 Å². The summed E-state index contributed by atoms with van der Waals surface area (Å²) in [7, 11) is 0. The summed E-state index contributed by atoms with van der Waals surface area (Å²) in [5.74, 6) is -0.858. The van der Waals surface area contributed by atoms with E-state index in [9.17, 15) is 35.9 Å². The van der Waals surface area contributed by atoms with Crippen molar-refractivity contribution in [3.05, 3.63) is 59.2 Å². The number of halogens is 6. The summed E-state index contributed by atoms with van der Waals surface area (Å²) < 4.78 is 83.6. The van der Waals surface area contributed by atoms with Gasteiger partial charge < -0.3 is 19.9 Å². The van der Waals surface area contributed by atoms with Gasteiger partial charge in [0.1, 0.15) is 5.60 Å². The smallest absolute Gasteiger partial charge is 0.416 e. The van der Waals surface area contributed by atoms with E-state index in [2.05, 4.69) is 5.32 Å². The van der Waals surface area contributed by atoms with Gasteiger partial charge in [0.05, 0.1) is 11.1 Å². The Hall–Kier alpha value is -3.44. The first-order chi connectivity index (χ1) is 16.5. The number of nitrogens with one attached hydrogen (secondary N) is 1. The molecule has 196 valence electrons. The van der Waals surface area contributed by atoms with Crippen LogP contribution in [0.1, 0.15) is 42.3 Å². The van der Waals surface area contributed by atoms with Gasteiger partial charge in [0, 0.05) is 43.1 Å². The molecule has 3 rings (SSSR count). The predicted octanol–water partition coefficient (Wildman–Crippen LogP) is 6.03. The summed E-state index contributed by atoms with van der Waals surface area (Å²) in [6, 6.07) is 6.97. The first kappa shape index (κ1) is 27.2. The summed E-state index contributed by atoms with van der Waals surface area (Å²) in [6.07, 6.45) is -10.4. The van der Waals surface area contributed by atoms with E-state index in [0.29, 0.717) is 38.3 Å². The average molecular weight is 517 g/mol. The molecule has 0 unspecified atom stereocenters. The molecule has 1 heterocycles. The van der Waals surface area contributed by atoms with Gasteiger partial charge in [-0.1, -0.05) is 0 Å². The number of amides is 2. The number of carbonyl (C=O) groups excluding carboxylic acids is 2. The quantitative estimate of drug-likeness (QED) is 0.505. The summed E-state index contributed by atoms with van der Waals surface area (Å²) in [5, 5.41) is 2.11. The van der Waals surface area contributed by atoms with E-state index in [4.69, 9.17) is 4.74 Å². The maximum absolute atomic E-state index is 13.0. The number of rotatable bonds is 3. The second-order valence-corrected chi connectivity index (χ2v) is 9.25. The van der Waals surface area contributed by atoms with Crippen LogP contribution in [0.15, 0.2) is 42.5 Å². The average Bonchev–Trinajstić information content (AvgIpc) is 2.77. The van der Waals surface area contributed by atoms with E-state index in [1.54, 1.807) is 37.8 Å². The van der Waals surface area contributed by atoms with Crippen molar-refractivity contribution in [2.75, 3.05) is 36.4 Å². The lowest BCUT2D eigenvalue weighted by Crippen LogP contribution is -2.50. The van der Waals surface area contributed by atoms with Crippen LogP contribution in [0.4, 0.5) is 42.5 Å². The summed E-state index contributed by atoms with van der Waals surface area (Å²) >= 11 is 0. The van der Waals surface area contributed by atoms with Crippen molar-refractivity contribution in [1.29, 1.82) is 0 Å². The number of carbonyl (C=O) groups is 2. The molecular weight excluding hydrogens is 492 g/mol. The molecule has 36 heavy (non-hydrogen) atoms. The number of hydrogen-bond acceptors (Lipinski definition) is 4. The lowest BCUT2D eigenvalue weighted by molar-refractivity contribution is -0.143. The third-order valence-corrected chi connectivity index (χ3v) is 5.27. The third-order valence-electron chi connectivity index (χ3n) is 5.27. The van der Waals surface area contributed by atoms with Crippen LogP contribution in [-0.4, -0.2) is 48.7 Å². The third kappa shape index (κ3) is 7.05. The largest absolute Gasteiger partial charge is 0.444 e. The van der Waals surface area contributed by atoms with E-state index >= 15 is 0 Å². The second kappa shape index (κ2) is 9.90. The summed E-state index contributed by atoms with van der Waals surface area (Å²) in [6.45, 7) is 7.20. The molecule has 1 N–H and O–H groups in total. The highest BCUT2D eigenvalue weighted by molar-refractivity contribution is 6.04. The Balaban J connectivity index is 1.67. The van der Waals surface area contributed by atoms with Crippen LogP contribution in [0.3, 0.4) is 0 Å². The van der Waals surface area contributed by atoms with Crippen molar-refractivity contribution in [3.8, 4) is 0 Å². The summed E-state index contributed by atoms with van der Waals surface area (Å²) in [4.78, 5) is 28.3. The van der Waals surface area contributed by atoms with Crippen molar-refractivity contribution >= 4 is 23.4 Å². The molecule has 0 radical (unpaired) electrons. The molecule has 1 aliphatic rings. The normalized spacial score (nSPS) is 15.0. The highest BCUT2D eigenvalue weighted by Crippen LogP contribution is 2.37. The van der Waals surface area contributed by atoms with Gasteiger partial charge in [-0.05, 0) is 63.2 Å². The minimum Gasteiger partial charge on any atom is -0.444 e. The highest BCUT2D eigenvalue weighted by Gasteiger charge is 2.37. The van der Waals surface area contributed by atoms with Crippen molar-refractivity contribution in [1.82, 2.24) is 4.90 Å². The Morgan fingerprint density at radius 1 is 0.806 bits per heavy atom. The van der Waals surface area contributed by atoms with E-state index in [0.717, 1.165) is 5.69 Å². The molecule has 0 spiro atoms. The monoisotopic (exact) mass is 517 g/mol. The zero-order valence-electron chi connectivity index (χ0n) is 19.8. The molecule has 1 saturated heterocycles. The molecule has 0 aliphatic carbocycles. The SMILES string of the molecule is CC(C)(C)OC(=O)N1CCN(c2ccc(C(=O)Nc3cc(C(F)(F)F)cc(C(F)(F)F)c3)cc2)CC1. The minimum atomic E-state index is -5.02. The van der Waals surface area contributed by atoms with Crippen LogP contribution in [0, 0.1) is 0 Å². The van der Waals surface area contributed by atoms with Crippen LogP contribution in [0.25, 0.3) is 0 Å². The zero-order valence-corrected chi connectivity index (χ0v) is 19.8. The fourth-order valence-electron chi connectivity index (χ4n) is 3.53. The van der Waals surface area contributed by atoms with Gasteiger partial charge in [-0.2, -0.15) is 26.3 Å². The van der Waals surface area contributed by atoms with Gasteiger partial charge in [-0.3, -0.25) is 4.79 Å². The Morgan fingerprint density at radius 2 is 1.31 bits per heavy atom.